The number of aliphatic hydroxyl groups excluding tert-OH is 1. The number of hydrogen-bond donors (Lipinski definition) is 1. The molecule has 0 aliphatic carbocycles. The number of unbranched alkanes of at least 4 members (excludes halogenated alkanes) is 1. The molecule has 5 heteroatoms. The van der Waals surface area contributed by atoms with Gasteiger partial charge in [-0.3, -0.25) is 14.5 Å². The van der Waals surface area contributed by atoms with Crippen molar-refractivity contribution < 1.29 is 14.7 Å². The molecule has 2 aliphatic heterocycles. The lowest BCUT2D eigenvalue weighted by Gasteiger charge is -2.34. The second kappa shape index (κ2) is 8.04. The Kier molecular flexibility index (Phi) is 5.77. The van der Waals surface area contributed by atoms with E-state index < -0.39 is 0 Å². The molecule has 0 aromatic heterocycles. The molecule has 1 atom stereocenters. The Morgan fingerprint density at radius 3 is 2.54 bits per heavy atom. The van der Waals surface area contributed by atoms with Crippen LogP contribution in [-0.2, 0) is 9.59 Å². The number of carbonyl (C=O) groups is 2. The molecular formula is C21H28N2O3. The highest BCUT2D eigenvalue weighted by molar-refractivity contribution is 6.35. The van der Waals surface area contributed by atoms with Crippen molar-refractivity contribution >= 4 is 17.4 Å². The van der Waals surface area contributed by atoms with Crippen LogP contribution >= 0.6 is 0 Å². The quantitative estimate of drug-likeness (QED) is 0.796. The smallest absolute Gasteiger partial charge is 0.277 e. The summed E-state index contributed by atoms with van der Waals surface area (Å²) < 4.78 is 0. The Balaban J connectivity index is 2.01. The number of amides is 2. The van der Waals surface area contributed by atoms with E-state index in [2.05, 4.69) is 6.92 Å². The number of likely N-dealkylation sites (tertiary alicyclic amines) is 1. The largest absolute Gasteiger partial charge is 0.396 e. The van der Waals surface area contributed by atoms with Gasteiger partial charge in [-0.25, -0.2) is 0 Å². The van der Waals surface area contributed by atoms with Gasteiger partial charge in [0.1, 0.15) is 5.70 Å². The topological polar surface area (TPSA) is 60.9 Å². The molecule has 0 spiro atoms. The average Bonchev–Trinajstić information content (AvgIpc) is 2.91. The average molecular weight is 356 g/mol. The van der Waals surface area contributed by atoms with Crippen LogP contribution in [0.5, 0.6) is 0 Å². The standard InChI is InChI=1S/C21H28N2O3/c1-3-4-12-23-20(25)18(17-9-7-15(2)8-10-17)19(21(23)26)22-11-5-6-16(13-22)14-24/h7-10,16,24H,3-6,11-14H2,1-2H3. The highest BCUT2D eigenvalue weighted by Gasteiger charge is 2.42. The summed E-state index contributed by atoms with van der Waals surface area (Å²) in [5, 5.41) is 9.55. The first-order chi connectivity index (χ1) is 12.6. The minimum Gasteiger partial charge on any atom is -0.396 e. The molecular weight excluding hydrogens is 328 g/mol. The van der Waals surface area contributed by atoms with Gasteiger partial charge in [-0.15, -0.1) is 0 Å². The molecule has 0 saturated carbocycles. The van der Waals surface area contributed by atoms with Gasteiger partial charge in [-0.1, -0.05) is 43.2 Å². The molecule has 3 rings (SSSR count). The summed E-state index contributed by atoms with van der Waals surface area (Å²) >= 11 is 0. The maximum atomic E-state index is 13.1. The second-order valence-electron chi connectivity index (χ2n) is 7.34. The molecule has 2 aliphatic rings. The van der Waals surface area contributed by atoms with Gasteiger partial charge in [-0.2, -0.15) is 0 Å². The summed E-state index contributed by atoms with van der Waals surface area (Å²) in [6.45, 7) is 6.01. The number of hydrogen-bond acceptors (Lipinski definition) is 4. The fourth-order valence-corrected chi connectivity index (χ4v) is 3.77. The molecule has 1 fully saturated rings. The van der Waals surface area contributed by atoms with Crippen LogP contribution in [-0.4, -0.2) is 53.0 Å². The first kappa shape index (κ1) is 18.6. The van der Waals surface area contributed by atoms with Crippen molar-refractivity contribution in [3.8, 4) is 0 Å². The molecule has 1 unspecified atom stereocenters. The van der Waals surface area contributed by atoms with Crippen LogP contribution in [0.4, 0.5) is 0 Å². The summed E-state index contributed by atoms with van der Waals surface area (Å²) in [5.74, 6) is -0.214. The predicted molar refractivity (Wildman–Crippen MR) is 101 cm³/mol. The van der Waals surface area contributed by atoms with Gasteiger partial charge in [-0.05, 0) is 37.7 Å². The number of imide groups is 1. The summed E-state index contributed by atoms with van der Waals surface area (Å²) in [5.41, 5.74) is 2.96. The maximum absolute atomic E-state index is 13.1. The molecule has 1 saturated heterocycles. The number of piperidine rings is 1. The fourth-order valence-electron chi connectivity index (χ4n) is 3.77. The third kappa shape index (κ3) is 3.54. The Hall–Kier alpha value is -2.14. The van der Waals surface area contributed by atoms with Crippen LogP contribution in [0.1, 0.15) is 43.7 Å². The molecule has 1 N–H and O–H groups in total. The monoisotopic (exact) mass is 356 g/mol. The van der Waals surface area contributed by atoms with Crippen LogP contribution < -0.4 is 0 Å². The van der Waals surface area contributed by atoms with E-state index in [9.17, 15) is 14.7 Å². The second-order valence-corrected chi connectivity index (χ2v) is 7.34. The van der Waals surface area contributed by atoms with Crippen molar-refractivity contribution in [2.45, 2.75) is 39.5 Å². The number of rotatable bonds is 6. The summed E-state index contributed by atoms with van der Waals surface area (Å²) in [4.78, 5) is 29.6. The summed E-state index contributed by atoms with van der Waals surface area (Å²) in [6, 6.07) is 7.79. The molecule has 0 radical (unpaired) electrons. The predicted octanol–water partition coefficient (Wildman–Crippen LogP) is 2.58. The van der Waals surface area contributed by atoms with E-state index in [0.29, 0.717) is 24.4 Å². The van der Waals surface area contributed by atoms with Crippen LogP contribution in [0.2, 0.25) is 0 Å². The molecule has 5 nitrogen and oxygen atoms in total. The highest BCUT2D eigenvalue weighted by Crippen LogP contribution is 2.34. The lowest BCUT2D eigenvalue weighted by Crippen LogP contribution is -2.40. The molecule has 0 bridgehead atoms. The van der Waals surface area contributed by atoms with E-state index in [1.807, 2.05) is 36.1 Å². The van der Waals surface area contributed by atoms with E-state index in [1.54, 1.807) is 0 Å². The Morgan fingerprint density at radius 2 is 1.88 bits per heavy atom. The number of carbonyl (C=O) groups excluding carboxylic acids is 2. The normalized spacial score (nSPS) is 21.1. The van der Waals surface area contributed by atoms with Crippen molar-refractivity contribution in [1.29, 1.82) is 0 Å². The van der Waals surface area contributed by atoms with E-state index in [0.717, 1.165) is 43.4 Å². The molecule has 2 amide bonds. The summed E-state index contributed by atoms with van der Waals surface area (Å²) in [7, 11) is 0. The van der Waals surface area contributed by atoms with Crippen LogP contribution in [0.3, 0.4) is 0 Å². The van der Waals surface area contributed by atoms with Crippen molar-refractivity contribution in [2.75, 3.05) is 26.2 Å². The third-order valence-electron chi connectivity index (χ3n) is 5.31. The third-order valence-corrected chi connectivity index (χ3v) is 5.31. The number of nitrogens with zero attached hydrogens (tertiary/aromatic N) is 2. The first-order valence-corrected chi connectivity index (χ1v) is 9.60. The number of aliphatic hydroxyl groups is 1. The van der Waals surface area contributed by atoms with Gasteiger partial charge < -0.3 is 10.0 Å². The van der Waals surface area contributed by atoms with Gasteiger partial charge in [0.15, 0.2) is 0 Å². The Morgan fingerprint density at radius 1 is 1.15 bits per heavy atom. The fraction of sp³-hybridized carbons (Fsp3) is 0.524. The first-order valence-electron chi connectivity index (χ1n) is 9.60. The van der Waals surface area contributed by atoms with Crippen LogP contribution in [0.25, 0.3) is 5.57 Å². The molecule has 2 heterocycles. The SMILES string of the molecule is CCCCN1C(=O)C(c2ccc(C)cc2)=C(N2CCCC(CO)C2)C1=O. The van der Waals surface area contributed by atoms with E-state index in [4.69, 9.17) is 0 Å². The van der Waals surface area contributed by atoms with Crippen LogP contribution in [0, 0.1) is 12.8 Å². The molecule has 26 heavy (non-hydrogen) atoms. The number of aryl methyl sites for hydroxylation is 1. The van der Waals surface area contributed by atoms with Gasteiger partial charge in [0.05, 0.1) is 5.57 Å². The van der Waals surface area contributed by atoms with E-state index in [-0.39, 0.29) is 24.3 Å². The van der Waals surface area contributed by atoms with E-state index >= 15 is 0 Å². The van der Waals surface area contributed by atoms with Crippen LogP contribution in [0.15, 0.2) is 30.0 Å². The van der Waals surface area contributed by atoms with Gasteiger partial charge in [0.2, 0.25) is 0 Å². The zero-order valence-electron chi connectivity index (χ0n) is 15.7. The number of benzene rings is 1. The summed E-state index contributed by atoms with van der Waals surface area (Å²) in [6.07, 6.45) is 3.63. The molecule has 1 aromatic carbocycles. The maximum Gasteiger partial charge on any atom is 0.277 e. The molecule has 1 aromatic rings. The molecule has 140 valence electrons. The van der Waals surface area contributed by atoms with Crippen molar-refractivity contribution in [2.24, 2.45) is 5.92 Å². The minimum absolute atomic E-state index is 0.116. The minimum atomic E-state index is -0.187. The van der Waals surface area contributed by atoms with E-state index in [1.165, 1.54) is 4.90 Å². The highest BCUT2D eigenvalue weighted by atomic mass is 16.3. The zero-order valence-corrected chi connectivity index (χ0v) is 15.7. The van der Waals surface area contributed by atoms with Gasteiger partial charge >= 0.3 is 0 Å². The van der Waals surface area contributed by atoms with Crippen molar-refractivity contribution in [3.63, 3.8) is 0 Å². The van der Waals surface area contributed by atoms with Crippen molar-refractivity contribution in [1.82, 2.24) is 9.80 Å². The Labute approximate surface area is 155 Å². The zero-order chi connectivity index (χ0) is 18.7. The van der Waals surface area contributed by atoms with Crippen molar-refractivity contribution in [3.05, 3.63) is 41.1 Å². The Bertz CT molecular complexity index is 708. The lowest BCUT2D eigenvalue weighted by atomic mass is 9.96. The van der Waals surface area contributed by atoms with Gasteiger partial charge in [0.25, 0.3) is 11.8 Å². The lowest BCUT2D eigenvalue weighted by molar-refractivity contribution is -0.137. The van der Waals surface area contributed by atoms with Gasteiger partial charge in [0, 0.05) is 26.2 Å².